The monoisotopic (exact) mass is 498 g/mol. The van der Waals surface area contributed by atoms with Crippen molar-refractivity contribution in [1.29, 1.82) is 0 Å². The smallest absolute Gasteiger partial charge is 0.247 e. The average Bonchev–Trinajstić information content (AvgIpc) is 3.14. The summed E-state index contributed by atoms with van der Waals surface area (Å²) < 4.78 is 0.895. The molecule has 0 bridgehead atoms. The minimum atomic E-state index is -0.239. The van der Waals surface area contributed by atoms with Crippen LogP contribution < -0.4 is 10.6 Å². The molecule has 0 unspecified atom stereocenters. The van der Waals surface area contributed by atoms with Crippen molar-refractivity contribution in [3.05, 3.63) is 71.4 Å². The zero-order chi connectivity index (χ0) is 23.4. The second-order valence-electron chi connectivity index (χ2n) is 8.20. The first-order valence-electron chi connectivity index (χ1n) is 10.8. The normalized spacial score (nSPS) is 14.8. The van der Waals surface area contributed by atoms with Crippen molar-refractivity contribution in [2.24, 2.45) is 0 Å². The second kappa shape index (κ2) is 10.7. The van der Waals surface area contributed by atoms with Crippen LogP contribution >= 0.6 is 34.7 Å². The number of thiazole rings is 1. The van der Waals surface area contributed by atoms with Gasteiger partial charge in [-0.2, -0.15) is 0 Å². The number of carbonyl (C=O) groups excluding carboxylic acids is 1. The largest absolute Gasteiger partial charge is 0.331 e. The summed E-state index contributed by atoms with van der Waals surface area (Å²) in [5.41, 5.74) is 4.38. The maximum absolute atomic E-state index is 11.6. The van der Waals surface area contributed by atoms with Gasteiger partial charge in [0.15, 0.2) is 10.3 Å². The Hall–Kier alpha value is -2.32. The van der Waals surface area contributed by atoms with Gasteiger partial charge in [0.2, 0.25) is 5.91 Å². The fourth-order valence-corrected chi connectivity index (χ4v) is 6.22. The Kier molecular flexibility index (Phi) is 7.75. The van der Waals surface area contributed by atoms with E-state index < -0.39 is 0 Å². The number of aryl methyl sites for hydroxylation is 1. The highest BCUT2D eigenvalue weighted by molar-refractivity contribution is 8.01. The van der Waals surface area contributed by atoms with Crippen LogP contribution in [0.5, 0.6) is 0 Å². The molecule has 2 N–H and O–H groups in total. The summed E-state index contributed by atoms with van der Waals surface area (Å²) in [7, 11) is 2.19. The molecule has 2 heterocycles. The molecule has 1 fully saturated rings. The molecule has 2 aromatic carbocycles. The van der Waals surface area contributed by atoms with Crippen LogP contribution in [0.2, 0.25) is 5.15 Å². The number of halogens is 1. The molecule has 5 nitrogen and oxygen atoms in total. The first-order chi connectivity index (χ1) is 15.9. The average molecular weight is 499 g/mol. The van der Waals surface area contributed by atoms with Gasteiger partial charge in [-0.25, -0.2) is 4.98 Å². The zero-order valence-electron chi connectivity index (χ0n) is 18.7. The fourth-order valence-electron chi connectivity index (χ4n) is 3.88. The molecule has 0 spiro atoms. The molecule has 33 heavy (non-hydrogen) atoms. The highest BCUT2D eigenvalue weighted by atomic mass is 35.5. The molecule has 1 aliphatic heterocycles. The molecule has 172 valence electrons. The molecule has 0 radical (unpaired) electrons. The van der Waals surface area contributed by atoms with Crippen molar-refractivity contribution in [2.45, 2.75) is 34.8 Å². The van der Waals surface area contributed by atoms with Crippen LogP contribution in [0.4, 0.5) is 16.5 Å². The van der Waals surface area contributed by atoms with Gasteiger partial charge in [0.1, 0.15) is 4.21 Å². The molecule has 8 heteroatoms. The predicted molar refractivity (Wildman–Crippen MR) is 140 cm³/mol. The summed E-state index contributed by atoms with van der Waals surface area (Å²) in [6.07, 6.45) is 3.67. The van der Waals surface area contributed by atoms with Crippen LogP contribution in [0.3, 0.4) is 0 Å². The van der Waals surface area contributed by atoms with Gasteiger partial charge in [0.05, 0.1) is 0 Å². The van der Waals surface area contributed by atoms with E-state index in [0.29, 0.717) is 16.8 Å². The van der Waals surface area contributed by atoms with Gasteiger partial charge >= 0.3 is 0 Å². The topological polar surface area (TPSA) is 57.3 Å². The maximum atomic E-state index is 11.6. The Balaban J connectivity index is 1.44. The number of piperidine rings is 1. The Morgan fingerprint density at radius 2 is 2.06 bits per heavy atom. The van der Waals surface area contributed by atoms with Crippen molar-refractivity contribution in [3.63, 3.8) is 0 Å². The summed E-state index contributed by atoms with van der Waals surface area (Å²) in [6, 6.07) is 14.3. The molecule has 0 saturated carbocycles. The van der Waals surface area contributed by atoms with Gasteiger partial charge in [-0.15, -0.1) is 0 Å². The number of amides is 1. The molecule has 1 saturated heterocycles. The minimum Gasteiger partial charge on any atom is -0.331 e. The summed E-state index contributed by atoms with van der Waals surface area (Å²) >= 11 is 9.47. The lowest BCUT2D eigenvalue weighted by Crippen LogP contribution is -2.29. The van der Waals surface area contributed by atoms with Crippen LogP contribution in [-0.4, -0.2) is 35.9 Å². The molecular formula is C25H27ClN4OS2. The second-order valence-corrected chi connectivity index (χ2v) is 10.9. The molecular weight excluding hydrogens is 472 g/mol. The fraction of sp³-hybridized carbons (Fsp3) is 0.280. The van der Waals surface area contributed by atoms with Crippen LogP contribution in [-0.2, 0) is 4.79 Å². The molecule has 1 aliphatic rings. The van der Waals surface area contributed by atoms with Gasteiger partial charge in [-0.05, 0) is 87.3 Å². The number of nitrogens with zero attached hydrogens (tertiary/aromatic N) is 2. The summed E-state index contributed by atoms with van der Waals surface area (Å²) in [6.45, 7) is 7.93. The van der Waals surface area contributed by atoms with Crippen molar-refractivity contribution >= 4 is 57.1 Å². The van der Waals surface area contributed by atoms with Crippen LogP contribution in [0.1, 0.15) is 29.9 Å². The van der Waals surface area contributed by atoms with Gasteiger partial charge in [0.25, 0.3) is 0 Å². The van der Waals surface area contributed by atoms with E-state index in [1.165, 1.54) is 53.1 Å². The van der Waals surface area contributed by atoms with E-state index in [4.69, 9.17) is 11.6 Å². The maximum Gasteiger partial charge on any atom is 0.247 e. The van der Waals surface area contributed by atoms with E-state index in [1.54, 1.807) is 0 Å². The van der Waals surface area contributed by atoms with Crippen molar-refractivity contribution < 1.29 is 4.79 Å². The predicted octanol–water partition coefficient (Wildman–Crippen LogP) is 6.93. The van der Waals surface area contributed by atoms with E-state index in [2.05, 4.69) is 59.3 Å². The summed E-state index contributed by atoms with van der Waals surface area (Å²) in [4.78, 5) is 19.4. The van der Waals surface area contributed by atoms with Gasteiger partial charge in [-0.1, -0.05) is 59.5 Å². The molecule has 1 aromatic heterocycles. The first-order valence-corrected chi connectivity index (χ1v) is 12.9. The number of likely N-dealkylation sites (tertiary alicyclic amines) is 1. The van der Waals surface area contributed by atoms with Gasteiger partial charge in [-0.3, -0.25) is 4.79 Å². The number of aromatic nitrogens is 1. The molecule has 3 aromatic rings. The number of carbonyl (C=O) groups is 1. The molecule has 0 atom stereocenters. The van der Waals surface area contributed by atoms with Crippen LogP contribution in [0.25, 0.3) is 0 Å². The third-order valence-corrected chi connectivity index (χ3v) is 8.37. The van der Waals surface area contributed by atoms with E-state index in [9.17, 15) is 4.79 Å². The molecule has 4 rings (SSSR count). The standard InChI is InChI=1S/C25H27ClN4OS2/c1-4-22(31)27-19-6-5-7-20(15-19)32-24-23(26)29-25(33-24)28-21-9-8-18(14-16(21)2)17-10-12-30(3)13-11-17/h4-9,14-15,17H,1,10-13H2,2-3H3,(H,27,31)(H,28,29). The third-order valence-electron chi connectivity index (χ3n) is 5.74. The van der Waals surface area contributed by atoms with Crippen molar-refractivity contribution in [1.82, 2.24) is 9.88 Å². The van der Waals surface area contributed by atoms with E-state index >= 15 is 0 Å². The number of anilines is 3. The Labute approximate surface area is 208 Å². The quantitative estimate of drug-likeness (QED) is 0.346. The Morgan fingerprint density at radius 3 is 2.79 bits per heavy atom. The Bertz CT molecular complexity index is 1160. The third kappa shape index (κ3) is 6.18. The van der Waals surface area contributed by atoms with Crippen molar-refractivity contribution in [2.75, 3.05) is 30.8 Å². The minimum absolute atomic E-state index is 0.239. The van der Waals surface area contributed by atoms with E-state index in [0.717, 1.165) is 33.0 Å². The first kappa shape index (κ1) is 23.8. The summed E-state index contributed by atoms with van der Waals surface area (Å²) in [5, 5.41) is 7.44. The molecule has 1 amide bonds. The highest BCUT2D eigenvalue weighted by Gasteiger charge is 2.19. The number of benzene rings is 2. The summed E-state index contributed by atoms with van der Waals surface area (Å²) in [5.74, 6) is 0.398. The lowest BCUT2D eigenvalue weighted by molar-refractivity contribution is -0.111. The SMILES string of the molecule is C=CC(=O)Nc1cccc(Sc2sc(Nc3ccc(C4CCN(C)CC4)cc3C)nc2Cl)c1. The van der Waals surface area contributed by atoms with Crippen LogP contribution in [0, 0.1) is 6.92 Å². The van der Waals surface area contributed by atoms with Gasteiger partial charge in [0, 0.05) is 16.3 Å². The van der Waals surface area contributed by atoms with E-state index in [-0.39, 0.29) is 5.91 Å². The van der Waals surface area contributed by atoms with Gasteiger partial charge < -0.3 is 15.5 Å². The lowest BCUT2D eigenvalue weighted by atomic mass is 9.88. The lowest BCUT2D eigenvalue weighted by Gasteiger charge is -2.29. The molecule has 0 aliphatic carbocycles. The number of rotatable bonds is 7. The number of hydrogen-bond acceptors (Lipinski definition) is 6. The number of nitrogens with one attached hydrogen (secondary N) is 2. The van der Waals surface area contributed by atoms with E-state index in [1.807, 2.05) is 24.3 Å². The highest BCUT2D eigenvalue weighted by Crippen LogP contribution is 2.41. The Morgan fingerprint density at radius 1 is 1.27 bits per heavy atom. The van der Waals surface area contributed by atoms with Crippen LogP contribution in [0.15, 0.2) is 64.2 Å². The number of hydrogen-bond donors (Lipinski definition) is 2. The van der Waals surface area contributed by atoms with Crippen molar-refractivity contribution in [3.8, 4) is 0 Å². The zero-order valence-corrected chi connectivity index (χ0v) is 21.1.